The second kappa shape index (κ2) is 3.39. The Morgan fingerprint density at radius 2 is 2.45 bits per heavy atom. The predicted molar refractivity (Wildman–Crippen MR) is 45.0 cm³/mol. The van der Waals surface area contributed by atoms with Crippen LogP contribution in [0.4, 0.5) is 5.82 Å². The van der Waals surface area contributed by atoms with Crippen LogP contribution in [0.2, 0.25) is 0 Å². The number of aromatic nitrogens is 2. The highest BCUT2D eigenvalue weighted by Gasteiger charge is 2.00. The first-order chi connectivity index (χ1) is 5.20. The van der Waals surface area contributed by atoms with Gasteiger partial charge in [0.2, 0.25) is 0 Å². The summed E-state index contributed by atoms with van der Waals surface area (Å²) >= 11 is 0. The molecular formula is C7H14N4. The van der Waals surface area contributed by atoms with Crippen molar-refractivity contribution in [3.05, 3.63) is 11.8 Å². The molecule has 0 aliphatic carbocycles. The summed E-state index contributed by atoms with van der Waals surface area (Å²) < 4.78 is 0. The number of nitrogen functional groups attached to an aromatic ring is 1. The maximum absolute atomic E-state index is 5.57. The van der Waals surface area contributed by atoms with Crippen LogP contribution in [0.1, 0.15) is 19.4 Å². The summed E-state index contributed by atoms with van der Waals surface area (Å²) in [7, 11) is 0. The zero-order valence-corrected chi connectivity index (χ0v) is 6.89. The first-order valence-corrected chi connectivity index (χ1v) is 3.71. The van der Waals surface area contributed by atoms with Crippen LogP contribution >= 0.6 is 0 Å². The molecule has 0 bridgehead atoms. The van der Waals surface area contributed by atoms with Gasteiger partial charge in [-0.1, -0.05) is 13.8 Å². The summed E-state index contributed by atoms with van der Waals surface area (Å²) in [4.78, 5) is 0. The van der Waals surface area contributed by atoms with Crippen molar-refractivity contribution in [2.75, 3.05) is 5.73 Å². The van der Waals surface area contributed by atoms with Crippen LogP contribution in [-0.4, -0.2) is 16.2 Å². The maximum Gasteiger partial charge on any atom is 0.123 e. The third kappa shape index (κ3) is 2.23. The van der Waals surface area contributed by atoms with Crippen LogP contribution in [0.15, 0.2) is 6.20 Å². The predicted octanol–water partition coefficient (Wildman–Crippen LogP) is 0.490. The van der Waals surface area contributed by atoms with Gasteiger partial charge in [0.05, 0.1) is 6.20 Å². The molecule has 4 heteroatoms. The molecule has 0 amide bonds. The Bertz CT molecular complexity index is 216. The highest BCUT2D eigenvalue weighted by molar-refractivity contribution is 5.36. The van der Waals surface area contributed by atoms with E-state index in [0.717, 1.165) is 12.1 Å². The normalized spacial score (nSPS) is 10.8. The standard InChI is InChI=1S/C7H14N4/c1-5(2)9-3-6-4-10-11-7(6)8/h4-5,9H,3H2,1-2H3,(H3,8,10,11). The Hall–Kier alpha value is -1.03. The van der Waals surface area contributed by atoms with Crippen LogP contribution in [0, 0.1) is 0 Å². The molecule has 0 aromatic carbocycles. The van der Waals surface area contributed by atoms with Crippen LogP contribution in [0.3, 0.4) is 0 Å². The van der Waals surface area contributed by atoms with Crippen molar-refractivity contribution in [1.82, 2.24) is 15.5 Å². The lowest BCUT2D eigenvalue weighted by Gasteiger charge is -2.05. The molecule has 1 heterocycles. The van der Waals surface area contributed by atoms with Crippen molar-refractivity contribution in [2.45, 2.75) is 26.4 Å². The summed E-state index contributed by atoms with van der Waals surface area (Å²) in [5, 5.41) is 9.74. The van der Waals surface area contributed by atoms with E-state index in [9.17, 15) is 0 Å². The van der Waals surface area contributed by atoms with Crippen LogP contribution in [0.5, 0.6) is 0 Å². The average Bonchev–Trinajstić information content (AvgIpc) is 2.31. The molecule has 1 rings (SSSR count). The lowest BCUT2D eigenvalue weighted by atomic mass is 10.3. The Kier molecular flexibility index (Phi) is 2.48. The molecule has 1 aromatic rings. The average molecular weight is 154 g/mol. The number of nitrogens with two attached hydrogens (primary N) is 1. The summed E-state index contributed by atoms with van der Waals surface area (Å²) in [5.41, 5.74) is 6.60. The number of anilines is 1. The largest absolute Gasteiger partial charge is 0.384 e. The number of aromatic amines is 1. The third-order valence-corrected chi connectivity index (χ3v) is 1.45. The van der Waals surface area contributed by atoms with Crippen molar-refractivity contribution in [3.63, 3.8) is 0 Å². The molecule has 4 nitrogen and oxygen atoms in total. The fraction of sp³-hybridized carbons (Fsp3) is 0.571. The molecule has 0 spiro atoms. The molecule has 1 aromatic heterocycles. The van der Waals surface area contributed by atoms with Gasteiger partial charge in [0.15, 0.2) is 0 Å². The smallest absolute Gasteiger partial charge is 0.123 e. The molecule has 0 atom stereocenters. The quantitative estimate of drug-likeness (QED) is 0.593. The first kappa shape index (κ1) is 8.07. The number of nitrogens with zero attached hydrogens (tertiary/aromatic N) is 1. The molecule has 0 aliphatic rings. The fourth-order valence-electron chi connectivity index (χ4n) is 0.776. The molecule has 11 heavy (non-hydrogen) atoms. The van der Waals surface area contributed by atoms with Gasteiger partial charge >= 0.3 is 0 Å². The van der Waals surface area contributed by atoms with Gasteiger partial charge in [-0.15, -0.1) is 0 Å². The zero-order chi connectivity index (χ0) is 8.27. The van der Waals surface area contributed by atoms with E-state index in [4.69, 9.17) is 5.73 Å². The van der Waals surface area contributed by atoms with E-state index in [2.05, 4.69) is 29.4 Å². The SMILES string of the molecule is CC(C)NCc1cn[nH]c1N. The second-order valence-corrected chi connectivity index (χ2v) is 2.84. The van der Waals surface area contributed by atoms with E-state index in [0.29, 0.717) is 11.9 Å². The van der Waals surface area contributed by atoms with Gasteiger partial charge in [-0.3, -0.25) is 5.10 Å². The highest BCUT2D eigenvalue weighted by Crippen LogP contribution is 2.04. The summed E-state index contributed by atoms with van der Waals surface area (Å²) in [6.07, 6.45) is 1.74. The summed E-state index contributed by atoms with van der Waals surface area (Å²) in [6.45, 7) is 4.96. The minimum Gasteiger partial charge on any atom is -0.384 e. The Morgan fingerprint density at radius 3 is 2.91 bits per heavy atom. The molecule has 0 radical (unpaired) electrons. The topological polar surface area (TPSA) is 66.7 Å². The molecule has 0 saturated heterocycles. The molecular weight excluding hydrogens is 140 g/mol. The Balaban J connectivity index is 2.44. The maximum atomic E-state index is 5.57. The van der Waals surface area contributed by atoms with E-state index >= 15 is 0 Å². The van der Waals surface area contributed by atoms with Crippen LogP contribution < -0.4 is 11.1 Å². The zero-order valence-electron chi connectivity index (χ0n) is 6.89. The number of nitrogens with one attached hydrogen (secondary N) is 2. The molecule has 0 aliphatic heterocycles. The van der Waals surface area contributed by atoms with Crippen molar-refractivity contribution in [1.29, 1.82) is 0 Å². The lowest BCUT2D eigenvalue weighted by molar-refractivity contribution is 0.590. The van der Waals surface area contributed by atoms with E-state index in [1.165, 1.54) is 0 Å². The minimum absolute atomic E-state index is 0.476. The van der Waals surface area contributed by atoms with Crippen LogP contribution in [-0.2, 0) is 6.54 Å². The molecule has 0 saturated carbocycles. The van der Waals surface area contributed by atoms with E-state index in [-0.39, 0.29) is 0 Å². The van der Waals surface area contributed by atoms with Gasteiger partial charge in [-0.2, -0.15) is 5.10 Å². The number of rotatable bonds is 3. The molecule has 4 N–H and O–H groups in total. The van der Waals surface area contributed by atoms with Crippen molar-refractivity contribution >= 4 is 5.82 Å². The van der Waals surface area contributed by atoms with Gasteiger partial charge in [-0.05, 0) is 0 Å². The number of hydrogen-bond donors (Lipinski definition) is 3. The van der Waals surface area contributed by atoms with Gasteiger partial charge in [0.1, 0.15) is 5.82 Å². The minimum atomic E-state index is 0.476. The first-order valence-electron chi connectivity index (χ1n) is 3.71. The Morgan fingerprint density at radius 1 is 1.73 bits per heavy atom. The van der Waals surface area contributed by atoms with Gasteiger partial charge < -0.3 is 11.1 Å². The van der Waals surface area contributed by atoms with Crippen molar-refractivity contribution < 1.29 is 0 Å². The monoisotopic (exact) mass is 154 g/mol. The van der Waals surface area contributed by atoms with Gasteiger partial charge in [-0.25, -0.2) is 0 Å². The molecule has 0 fully saturated rings. The second-order valence-electron chi connectivity index (χ2n) is 2.84. The van der Waals surface area contributed by atoms with E-state index in [1.807, 2.05) is 0 Å². The summed E-state index contributed by atoms with van der Waals surface area (Å²) in [5.74, 6) is 0.651. The van der Waals surface area contributed by atoms with E-state index < -0.39 is 0 Å². The van der Waals surface area contributed by atoms with E-state index in [1.54, 1.807) is 6.20 Å². The fourth-order valence-corrected chi connectivity index (χ4v) is 0.776. The summed E-state index contributed by atoms with van der Waals surface area (Å²) in [6, 6.07) is 0.476. The number of H-pyrrole nitrogens is 1. The van der Waals surface area contributed by atoms with Gasteiger partial charge in [0, 0.05) is 18.2 Å². The highest BCUT2D eigenvalue weighted by atomic mass is 15.1. The molecule has 62 valence electrons. The third-order valence-electron chi connectivity index (χ3n) is 1.45. The van der Waals surface area contributed by atoms with Crippen molar-refractivity contribution in [3.8, 4) is 0 Å². The number of hydrogen-bond acceptors (Lipinski definition) is 3. The lowest BCUT2D eigenvalue weighted by Crippen LogP contribution is -2.22. The molecule has 0 unspecified atom stereocenters. The van der Waals surface area contributed by atoms with Crippen LogP contribution in [0.25, 0.3) is 0 Å². The van der Waals surface area contributed by atoms with Crippen molar-refractivity contribution in [2.24, 2.45) is 0 Å². The van der Waals surface area contributed by atoms with Gasteiger partial charge in [0.25, 0.3) is 0 Å². The Labute approximate surface area is 66.2 Å².